The lowest BCUT2D eigenvalue weighted by atomic mass is 10.0. The van der Waals surface area contributed by atoms with Gasteiger partial charge in [-0.2, -0.15) is 0 Å². The molecule has 1 aromatic rings. The van der Waals surface area contributed by atoms with E-state index in [0.29, 0.717) is 0 Å². The predicted molar refractivity (Wildman–Crippen MR) is 72.8 cm³/mol. The third-order valence-electron chi connectivity index (χ3n) is 2.78. The van der Waals surface area contributed by atoms with E-state index in [0.717, 1.165) is 39.7 Å². The molecule has 1 saturated heterocycles. The second-order valence-electron chi connectivity index (χ2n) is 4.07. The smallest absolute Gasteiger partial charge is 0.0556 e. The summed E-state index contributed by atoms with van der Waals surface area (Å²) in [6.45, 7) is 2.28. The molecule has 1 aromatic carbocycles. The van der Waals surface area contributed by atoms with E-state index in [1.165, 1.54) is 12.8 Å². The van der Waals surface area contributed by atoms with Crippen molar-refractivity contribution < 1.29 is 0 Å². The molecule has 1 heterocycles. The first-order valence-corrected chi connectivity index (χ1v) is 7.29. The SMILES string of the molecule is Clc1cccc(Cl)c1SC[C@H]1CCCNC1. The van der Waals surface area contributed by atoms with Crippen LogP contribution in [-0.2, 0) is 0 Å². The number of thioether (sulfide) groups is 1. The Morgan fingerprint density at radius 2 is 2.06 bits per heavy atom. The normalized spacial score (nSPS) is 21.0. The van der Waals surface area contributed by atoms with Crippen molar-refractivity contribution in [3.8, 4) is 0 Å². The van der Waals surface area contributed by atoms with E-state index in [4.69, 9.17) is 23.2 Å². The lowest BCUT2D eigenvalue weighted by molar-refractivity contribution is 0.410. The quantitative estimate of drug-likeness (QED) is 0.835. The van der Waals surface area contributed by atoms with Crippen LogP contribution in [0.3, 0.4) is 0 Å². The first kappa shape index (κ1) is 12.6. The fourth-order valence-electron chi connectivity index (χ4n) is 1.89. The number of halogens is 2. The minimum absolute atomic E-state index is 0.742. The monoisotopic (exact) mass is 275 g/mol. The highest BCUT2D eigenvalue weighted by atomic mass is 35.5. The summed E-state index contributed by atoms with van der Waals surface area (Å²) in [4.78, 5) is 1.02. The van der Waals surface area contributed by atoms with Crippen LogP contribution in [0.5, 0.6) is 0 Å². The molecule has 16 heavy (non-hydrogen) atoms. The zero-order valence-corrected chi connectivity index (χ0v) is 11.3. The van der Waals surface area contributed by atoms with E-state index in [1.807, 2.05) is 18.2 Å². The molecule has 0 saturated carbocycles. The van der Waals surface area contributed by atoms with Crippen LogP contribution in [0.4, 0.5) is 0 Å². The molecule has 0 spiro atoms. The molecule has 1 N–H and O–H groups in total. The lowest BCUT2D eigenvalue weighted by Gasteiger charge is -2.22. The topological polar surface area (TPSA) is 12.0 Å². The van der Waals surface area contributed by atoms with Crippen LogP contribution in [0.25, 0.3) is 0 Å². The van der Waals surface area contributed by atoms with Crippen LogP contribution < -0.4 is 5.32 Å². The molecule has 0 bridgehead atoms. The van der Waals surface area contributed by atoms with Crippen molar-refractivity contribution in [3.05, 3.63) is 28.2 Å². The molecule has 1 aliphatic heterocycles. The zero-order valence-electron chi connectivity index (χ0n) is 9.01. The van der Waals surface area contributed by atoms with E-state index in [-0.39, 0.29) is 0 Å². The Balaban J connectivity index is 1.93. The van der Waals surface area contributed by atoms with Crippen LogP contribution in [0.15, 0.2) is 23.1 Å². The van der Waals surface area contributed by atoms with E-state index >= 15 is 0 Å². The fraction of sp³-hybridized carbons (Fsp3) is 0.500. The molecule has 2 rings (SSSR count). The average molecular weight is 276 g/mol. The number of rotatable bonds is 3. The summed E-state index contributed by atoms with van der Waals surface area (Å²) in [5, 5.41) is 4.95. The van der Waals surface area contributed by atoms with E-state index in [9.17, 15) is 0 Å². The Hall–Kier alpha value is 0.110. The number of hydrogen-bond acceptors (Lipinski definition) is 2. The van der Waals surface area contributed by atoms with E-state index < -0.39 is 0 Å². The highest BCUT2D eigenvalue weighted by molar-refractivity contribution is 7.99. The van der Waals surface area contributed by atoms with Crippen molar-refractivity contribution in [1.82, 2.24) is 5.32 Å². The Bertz CT molecular complexity index is 331. The number of piperidine rings is 1. The molecule has 1 nitrogen and oxygen atoms in total. The maximum absolute atomic E-state index is 6.13. The largest absolute Gasteiger partial charge is 0.316 e. The molecule has 0 unspecified atom stereocenters. The molecular weight excluding hydrogens is 261 g/mol. The van der Waals surface area contributed by atoms with Gasteiger partial charge in [0.1, 0.15) is 0 Å². The molecule has 0 aliphatic carbocycles. The molecule has 88 valence electrons. The maximum atomic E-state index is 6.13. The third-order valence-corrected chi connectivity index (χ3v) is 5.00. The molecule has 0 radical (unpaired) electrons. The molecule has 1 atom stereocenters. The van der Waals surface area contributed by atoms with Crippen molar-refractivity contribution in [2.75, 3.05) is 18.8 Å². The summed E-state index contributed by atoms with van der Waals surface area (Å²) in [6, 6.07) is 5.68. The molecule has 1 fully saturated rings. The van der Waals surface area contributed by atoms with Crippen molar-refractivity contribution in [1.29, 1.82) is 0 Å². The highest BCUT2D eigenvalue weighted by Gasteiger charge is 2.14. The number of benzene rings is 1. The summed E-state index contributed by atoms with van der Waals surface area (Å²) >= 11 is 14.0. The Kier molecular flexibility index (Phi) is 4.83. The summed E-state index contributed by atoms with van der Waals surface area (Å²) in [7, 11) is 0. The van der Waals surface area contributed by atoms with Crippen LogP contribution in [0.2, 0.25) is 10.0 Å². The third kappa shape index (κ3) is 3.30. The summed E-state index contributed by atoms with van der Waals surface area (Å²) < 4.78 is 0. The second-order valence-corrected chi connectivity index (χ2v) is 5.92. The highest BCUT2D eigenvalue weighted by Crippen LogP contribution is 2.35. The molecule has 0 aromatic heterocycles. The summed E-state index contributed by atoms with van der Waals surface area (Å²) in [6.07, 6.45) is 2.59. The van der Waals surface area contributed by atoms with Gasteiger partial charge in [0.15, 0.2) is 0 Å². The van der Waals surface area contributed by atoms with Gasteiger partial charge in [0.2, 0.25) is 0 Å². The van der Waals surface area contributed by atoms with Gasteiger partial charge in [0.25, 0.3) is 0 Å². The van der Waals surface area contributed by atoms with Crippen molar-refractivity contribution >= 4 is 35.0 Å². The van der Waals surface area contributed by atoms with Gasteiger partial charge in [-0.3, -0.25) is 0 Å². The standard InChI is InChI=1S/C12H15Cl2NS/c13-10-4-1-5-11(14)12(10)16-8-9-3-2-6-15-7-9/h1,4-5,9,15H,2-3,6-8H2/t9-/m0/s1. The van der Waals surface area contributed by atoms with Gasteiger partial charge < -0.3 is 5.32 Å². The minimum Gasteiger partial charge on any atom is -0.316 e. The number of hydrogen-bond donors (Lipinski definition) is 1. The van der Waals surface area contributed by atoms with Crippen molar-refractivity contribution in [2.24, 2.45) is 5.92 Å². The molecule has 4 heteroatoms. The Morgan fingerprint density at radius 1 is 1.31 bits per heavy atom. The second kappa shape index (κ2) is 6.15. The average Bonchev–Trinajstić information content (AvgIpc) is 2.30. The molecule has 1 aliphatic rings. The first-order valence-electron chi connectivity index (χ1n) is 5.55. The Morgan fingerprint density at radius 3 is 2.69 bits per heavy atom. The van der Waals surface area contributed by atoms with Gasteiger partial charge in [-0.15, -0.1) is 11.8 Å². The van der Waals surface area contributed by atoms with Crippen molar-refractivity contribution in [3.63, 3.8) is 0 Å². The predicted octanol–water partition coefficient (Wildman–Crippen LogP) is 4.09. The minimum atomic E-state index is 0.742. The van der Waals surface area contributed by atoms with Crippen molar-refractivity contribution in [2.45, 2.75) is 17.7 Å². The van der Waals surface area contributed by atoms with E-state index in [2.05, 4.69) is 5.32 Å². The van der Waals surface area contributed by atoms with Gasteiger partial charge >= 0.3 is 0 Å². The summed E-state index contributed by atoms with van der Waals surface area (Å²) in [5.74, 6) is 1.84. The zero-order chi connectivity index (χ0) is 11.4. The van der Waals surface area contributed by atoms with Gasteiger partial charge in [0, 0.05) is 10.6 Å². The van der Waals surface area contributed by atoms with E-state index in [1.54, 1.807) is 11.8 Å². The number of nitrogens with one attached hydrogen (secondary N) is 1. The fourth-order valence-corrected chi connectivity index (χ4v) is 3.71. The first-order chi connectivity index (χ1) is 7.77. The van der Waals surface area contributed by atoms with Gasteiger partial charge in [-0.05, 0) is 44.0 Å². The van der Waals surface area contributed by atoms with Gasteiger partial charge in [0.05, 0.1) is 10.0 Å². The maximum Gasteiger partial charge on any atom is 0.0556 e. The molecular formula is C12H15Cl2NS. The van der Waals surface area contributed by atoms with Gasteiger partial charge in [-0.1, -0.05) is 29.3 Å². The Labute approximate surface area is 111 Å². The van der Waals surface area contributed by atoms with Crippen LogP contribution in [-0.4, -0.2) is 18.8 Å². The molecule has 0 amide bonds. The van der Waals surface area contributed by atoms with Crippen LogP contribution >= 0.6 is 35.0 Å². The van der Waals surface area contributed by atoms with Crippen LogP contribution in [0.1, 0.15) is 12.8 Å². The lowest BCUT2D eigenvalue weighted by Crippen LogP contribution is -2.30. The van der Waals surface area contributed by atoms with Gasteiger partial charge in [-0.25, -0.2) is 0 Å². The van der Waals surface area contributed by atoms with Crippen LogP contribution in [0, 0.1) is 5.92 Å². The summed E-state index contributed by atoms with van der Waals surface area (Å²) in [5.41, 5.74) is 0.